The molecule has 0 saturated heterocycles. The Labute approximate surface area is 126 Å². The minimum absolute atomic E-state index is 0.572. The molecule has 21 heavy (non-hydrogen) atoms. The maximum absolute atomic E-state index is 6.08. The summed E-state index contributed by atoms with van der Waals surface area (Å²) >= 11 is 0. The highest BCUT2D eigenvalue weighted by atomic mass is 16.5. The van der Waals surface area contributed by atoms with Crippen LogP contribution in [0.5, 0.6) is 5.75 Å². The Balaban J connectivity index is 2.14. The number of nitrogens with zero attached hydrogens (tertiary/aromatic N) is 3. The highest BCUT2D eigenvalue weighted by Gasteiger charge is 2.12. The van der Waals surface area contributed by atoms with Crippen molar-refractivity contribution in [1.29, 1.82) is 0 Å². The number of unbranched alkanes of at least 4 members (excludes halogenated alkanes) is 1. The van der Waals surface area contributed by atoms with Crippen molar-refractivity contribution in [2.45, 2.75) is 32.7 Å². The lowest BCUT2D eigenvalue weighted by Crippen LogP contribution is -2.13. The first-order valence-electron chi connectivity index (χ1n) is 7.65. The molecule has 1 aromatic heterocycles. The van der Waals surface area contributed by atoms with Gasteiger partial charge in [0.15, 0.2) is 0 Å². The lowest BCUT2D eigenvalue weighted by molar-refractivity contribution is 0.320. The molecule has 0 aliphatic rings. The van der Waals surface area contributed by atoms with Crippen LogP contribution in [0.4, 0.5) is 5.95 Å². The molecule has 0 aliphatic heterocycles. The zero-order chi connectivity index (χ0) is 15.2. The lowest BCUT2D eigenvalue weighted by Gasteiger charge is -2.10. The van der Waals surface area contributed by atoms with Gasteiger partial charge in [-0.1, -0.05) is 13.0 Å². The summed E-state index contributed by atoms with van der Waals surface area (Å²) in [6.45, 7) is 4.79. The summed E-state index contributed by atoms with van der Waals surface area (Å²) < 4.78 is 7.84. The maximum atomic E-state index is 6.08. The monoisotopic (exact) mass is 290 g/mol. The third-order valence-corrected chi connectivity index (χ3v) is 3.47. The van der Waals surface area contributed by atoms with Crippen LogP contribution < -0.4 is 10.5 Å². The van der Waals surface area contributed by atoms with E-state index in [1.807, 2.05) is 12.1 Å². The van der Waals surface area contributed by atoms with Gasteiger partial charge in [-0.05, 0) is 52.0 Å². The van der Waals surface area contributed by atoms with Crippen molar-refractivity contribution in [2.24, 2.45) is 0 Å². The van der Waals surface area contributed by atoms with E-state index >= 15 is 0 Å². The number of para-hydroxylation sites is 1. The van der Waals surface area contributed by atoms with Crippen LogP contribution in [-0.2, 0) is 6.54 Å². The van der Waals surface area contributed by atoms with Gasteiger partial charge in [-0.2, -0.15) is 0 Å². The van der Waals surface area contributed by atoms with Gasteiger partial charge >= 0.3 is 0 Å². The van der Waals surface area contributed by atoms with Gasteiger partial charge < -0.3 is 19.9 Å². The smallest absolute Gasteiger partial charge is 0.201 e. The van der Waals surface area contributed by atoms with Crippen LogP contribution in [0, 0.1) is 0 Å². The summed E-state index contributed by atoms with van der Waals surface area (Å²) in [5.74, 6) is 1.40. The van der Waals surface area contributed by atoms with Crippen molar-refractivity contribution < 1.29 is 4.74 Å². The second kappa shape index (κ2) is 7.31. The van der Waals surface area contributed by atoms with Crippen molar-refractivity contribution in [3.63, 3.8) is 0 Å². The highest BCUT2D eigenvalue weighted by Crippen LogP contribution is 2.27. The van der Waals surface area contributed by atoms with Crippen LogP contribution in [0.25, 0.3) is 11.0 Å². The molecule has 0 saturated carbocycles. The average molecular weight is 290 g/mol. The fourth-order valence-corrected chi connectivity index (χ4v) is 2.40. The van der Waals surface area contributed by atoms with Crippen molar-refractivity contribution in [3.05, 3.63) is 18.2 Å². The molecule has 0 unspecified atom stereocenters. The number of benzene rings is 1. The molecule has 2 N–H and O–H groups in total. The van der Waals surface area contributed by atoms with Crippen LogP contribution in [0.15, 0.2) is 18.2 Å². The molecule has 5 nitrogen and oxygen atoms in total. The Bertz CT molecular complexity index is 577. The molecular formula is C16H26N4O. The summed E-state index contributed by atoms with van der Waals surface area (Å²) in [7, 11) is 4.19. The summed E-state index contributed by atoms with van der Waals surface area (Å²) in [4.78, 5) is 6.69. The number of anilines is 1. The fourth-order valence-electron chi connectivity index (χ4n) is 2.40. The minimum Gasteiger partial charge on any atom is -0.491 e. The standard InChI is InChI=1S/C16H26N4O/c1-4-12-21-14-9-7-8-13-15(14)18-16(17)20(13)11-6-5-10-19(2)3/h7-9H,4-6,10-12H2,1-3H3,(H2,17,18). The number of aryl methyl sites for hydroxylation is 1. The van der Waals surface area contributed by atoms with Gasteiger partial charge in [0.25, 0.3) is 0 Å². The molecule has 0 radical (unpaired) electrons. The first-order chi connectivity index (χ1) is 10.1. The Morgan fingerprint density at radius 1 is 1.29 bits per heavy atom. The highest BCUT2D eigenvalue weighted by molar-refractivity contribution is 5.84. The van der Waals surface area contributed by atoms with Crippen LogP contribution in [-0.4, -0.2) is 41.7 Å². The topological polar surface area (TPSA) is 56.3 Å². The summed E-state index contributed by atoms with van der Waals surface area (Å²) in [6.07, 6.45) is 3.23. The largest absolute Gasteiger partial charge is 0.491 e. The van der Waals surface area contributed by atoms with E-state index in [2.05, 4.69) is 41.5 Å². The quantitative estimate of drug-likeness (QED) is 0.760. The molecular weight excluding hydrogens is 264 g/mol. The molecule has 2 rings (SSSR count). The van der Waals surface area contributed by atoms with Gasteiger partial charge in [-0.15, -0.1) is 0 Å². The molecule has 0 amide bonds. The van der Waals surface area contributed by atoms with E-state index in [-0.39, 0.29) is 0 Å². The fraction of sp³-hybridized carbons (Fsp3) is 0.562. The van der Waals surface area contributed by atoms with E-state index in [0.29, 0.717) is 12.6 Å². The molecule has 0 fully saturated rings. The Hall–Kier alpha value is -1.75. The third-order valence-electron chi connectivity index (χ3n) is 3.47. The first kappa shape index (κ1) is 15.6. The van der Waals surface area contributed by atoms with E-state index in [1.54, 1.807) is 0 Å². The van der Waals surface area contributed by atoms with Gasteiger partial charge in [0, 0.05) is 6.54 Å². The zero-order valence-corrected chi connectivity index (χ0v) is 13.3. The summed E-state index contributed by atoms with van der Waals surface area (Å²) in [5, 5.41) is 0. The molecule has 5 heteroatoms. The SMILES string of the molecule is CCCOc1cccc2c1nc(N)n2CCCCN(C)C. The van der Waals surface area contributed by atoms with Gasteiger partial charge in [-0.25, -0.2) is 4.98 Å². The number of nitrogens with two attached hydrogens (primary N) is 1. The van der Waals surface area contributed by atoms with E-state index in [9.17, 15) is 0 Å². The Morgan fingerprint density at radius 2 is 2.10 bits per heavy atom. The van der Waals surface area contributed by atoms with Gasteiger partial charge in [0.1, 0.15) is 11.3 Å². The Morgan fingerprint density at radius 3 is 2.81 bits per heavy atom. The van der Waals surface area contributed by atoms with Crippen molar-refractivity contribution in [2.75, 3.05) is 33.0 Å². The molecule has 1 heterocycles. The lowest BCUT2D eigenvalue weighted by atomic mass is 10.2. The number of nitrogen functional groups attached to an aromatic ring is 1. The number of hydrogen-bond donors (Lipinski definition) is 1. The van der Waals surface area contributed by atoms with Gasteiger partial charge in [0.05, 0.1) is 12.1 Å². The van der Waals surface area contributed by atoms with E-state index in [4.69, 9.17) is 10.5 Å². The van der Waals surface area contributed by atoms with Crippen LogP contribution in [0.3, 0.4) is 0 Å². The molecule has 0 bridgehead atoms. The second-order valence-electron chi connectivity index (χ2n) is 5.60. The number of aromatic nitrogens is 2. The normalized spacial score (nSPS) is 11.4. The molecule has 0 spiro atoms. The van der Waals surface area contributed by atoms with Gasteiger partial charge in [0.2, 0.25) is 5.95 Å². The predicted octanol–water partition coefficient (Wildman–Crippen LogP) is 2.75. The van der Waals surface area contributed by atoms with Gasteiger partial charge in [-0.3, -0.25) is 0 Å². The van der Waals surface area contributed by atoms with Crippen LogP contribution in [0.2, 0.25) is 0 Å². The zero-order valence-electron chi connectivity index (χ0n) is 13.3. The number of imidazole rings is 1. The van der Waals surface area contributed by atoms with Crippen molar-refractivity contribution in [3.8, 4) is 5.75 Å². The Kier molecular flexibility index (Phi) is 5.44. The predicted molar refractivity (Wildman–Crippen MR) is 87.7 cm³/mol. The van der Waals surface area contributed by atoms with E-state index in [1.165, 1.54) is 0 Å². The van der Waals surface area contributed by atoms with Crippen molar-refractivity contribution in [1.82, 2.24) is 14.5 Å². The number of ether oxygens (including phenoxy) is 1. The molecule has 116 valence electrons. The molecule has 0 atom stereocenters. The number of hydrogen-bond acceptors (Lipinski definition) is 4. The first-order valence-corrected chi connectivity index (χ1v) is 7.65. The summed E-state index contributed by atoms with van der Waals surface area (Å²) in [6, 6.07) is 6.02. The maximum Gasteiger partial charge on any atom is 0.201 e. The second-order valence-corrected chi connectivity index (χ2v) is 5.60. The van der Waals surface area contributed by atoms with Crippen LogP contribution in [0.1, 0.15) is 26.2 Å². The number of rotatable bonds is 8. The average Bonchev–Trinajstić information content (AvgIpc) is 2.77. The van der Waals surface area contributed by atoms with Crippen molar-refractivity contribution >= 4 is 17.0 Å². The minimum atomic E-state index is 0.572. The number of fused-ring (bicyclic) bond motifs is 1. The summed E-state index contributed by atoms with van der Waals surface area (Å²) in [5.41, 5.74) is 8.01. The van der Waals surface area contributed by atoms with E-state index < -0.39 is 0 Å². The molecule has 0 aliphatic carbocycles. The molecule has 1 aromatic carbocycles. The van der Waals surface area contributed by atoms with Crippen LogP contribution >= 0.6 is 0 Å². The van der Waals surface area contributed by atoms with E-state index in [0.717, 1.165) is 49.1 Å². The molecule has 2 aromatic rings. The third kappa shape index (κ3) is 3.88.